The maximum absolute atomic E-state index is 11.7. The third kappa shape index (κ3) is 2.55. The number of rotatable bonds is 3. The van der Waals surface area contributed by atoms with E-state index in [9.17, 15) is 4.79 Å². The Balaban J connectivity index is 2.36. The molecule has 0 atom stereocenters. The van der Waals surface area contributed by atoms with E-state index in [0.29, 0.717) is 17.9 Å². The fourth-order valence-corrected chi connectivity index (χ4v) is 1.75. The molecular weight excluding hydrogens is 284 g/mol. The Kier molecular flexibility index (Phi) is 3.58. The summed E-state index contributed by atoms with van der Waals surface area (Å²) in [5, 5.41) is 6.70. The third-order valence-corrected chi connectivity index (χ3v) is 2.80. The van der Waals surface area contributed by atoms with Gasteiger partial charge in [0.1, 0.15) is 5.56 Å². The van der Waals surface area contributed by atoms with E-state index < -0.39 is 0 Å². The summed E-state index contributed by atoms with van der Waals surface area (Å²) in [6.45, 7) is 2.13. The van der Waals surface area contributed by atoms with Gasteiger partial charge in [0.15, 0.2) is 0 Å². The molecule has 0 aliphatic carbocycles. The fourth-order valence-electron chi connectivity index (χ4n) is 1.49. The van der Waals surface area contributed by atoms with Gasteiger partial charge >= 0.3 is 5.97 Å². The number of esters is 1. The van der Waals surface area contributed by atoms with Gasteiger partial charge in [0.05, 0.1) is 18.5 Å². The van der Waals surface area contributed by atoms with Crippen molar-refractivity contribution >= 4 is 21.9 Å². The minimum atomic E-state index is -0.362. The maximum atomic E-state index is 11.7. The van der Waals surface area contributed by atoms with Crippen LogP contribution in [0.2, 0.25) is 0 Å². The number of ether oxygens (including phenoxy) is 1. The van der Waals surface area contributed by atoms with Crippen LogP contribution in [0.4, 0.5) is 0 Å². The molecule has 17 heavy (non-hydrogen) atoms. The molecule has 1 aromatic carbocycles. The summed E-state index contributed by atoms with van der Waals surface area (Å²) in [4.78, 5) is 11.7. The van der Waals surface area contributed by atoms with Crippen LogP contribution in [0.25, 0.3) is 11.3 Å². The van der Waals surface area contributed by atoms with E-state index in [4.69, 9.17) is 4.74 Å². The number of nitrogens with zero attached hydrogens (tertiary/aromatic N) is 1. The van der Waals surface area contributed by atoms with E-state index in [1.807, 2.05) is 24.3 Å². The molecule has 0 fully saturated rings. The van der Waals surface area contributed by atoms with Gasteiger partial charge in [0.2, 0.25) is 0 Å². The number of carbonyl (C=O) groups is 1. The molecule has 0 aliphatic heterocycles. The van der Waals surface area contributed by atoms with Gasteiger partial charge in [-0.05, 0) is 19.1 Å². The van der Waals surface area contributed by atoms with E-state index in [2.05, 4.69) is 26.1 Å². The zero-order valence-electron chi connectivity index (χ0n) is 9.24. The summed E-state index contributed by atoms with van der Waals surface area (Å²) in [6.07, 6.45) is 1.48. The molecule has 0 saturated carbocycles. The normalized spacial score (nSPS) is 10.2. The van der Waals surface area contributed by atoms with E-state index in [1.165, 1.54) is 6.20 Å². The lowest BCUT2D eigenvalue weighted by molar-refractivity contribution is 0.0527. The van der Waals surface area contributed by atoms with Crippen LogP contribution >= 0.6 is 15.9 Å². The highest BCUT2D eigenvalue weighted by molar-refractivity contribution is 9.10. The molecule has 0 saturated heterocycles. The minimum Gasteiger partial charge on any atom is -0.462 e. The monoisotopic (exact) mass is 294 g/mol. The van der Waals surface area contributed by atoms with Crippen LogP contribution in [0.1, 0.15) is 17.3 Å². The number of aromatic nitrogens is 2. The molecular formula is C12H11BrN2O2. The first-order valence-corrected chi connectivity index (χ1v) is 5.98. The van der Waals surface area contributed by atoms with Crippen molar-refractivity contribution in [2.24, 2.45) is 0 Å². The van der Waals surface area contributed by atoms with Crippen molar-refractivity contribution in [2.75, 3.05) is 6.61 Å². The molecule has 0 spiro atoms. The molecule has 0 aliphatic rings. The fraction of sp³-hybridized carbons (Fsp3) is 0.167. The predicted octanol–water partition coefficient (Wildman–Crippen LogP) is 3.02. The second-order valence-electron chi connectivity index (χ2n) is 3.39. The van der Waals surface area contributed by atoms with Crippen molar-refractivity contribution in [3.8, 4) is 11.3 Å². The van der Waals surface area contributed by atoms with E-state index in [1.54, 1.807) is 6.92 Å². The Morgan fingerprint density at radius 1 is 1.41 bits per heavy atom. The molecule has 5 heteroatoms. The summed E-state index contributed by atoms with van der Waals surface area (Å²) in [6, 6.07) is 7.62. The number of aromatic amines is 1. The van der Waals surface area contributed by atoms with Crippen molar-refractivity contribution in [2.45, 2.75) is 6.92 Å². The first-order valence-electron chi connectivity index (χ1n) is 5.18. The zero-order valence-corrected chi connectivity index (χ0v) is 10.8. The molecule has 2 aromatic rings. The lowest BCUT2D eigenvalue weighted by Gasteiger charge is -2.03. The van der Waals surface area contributed by atoms with E-state index >= 15 is 0 Å². The molecule has 1 N–H and O–H groups in total. The maximum Gasteiger partial charge on any atom is 0.341 e. The molecule has 2 rings (SSSR count). The lowest BCUT2D eigenvalue weighted by Crippen LogP contribution is -2.04. The molecule has 0 amide bonds. The minimum absolute atomic E-state index is 0.351. The van der Waals surface area contributed by atoms with Gasteiger partial charge in [-0.1, -0.05) is 28.1 Å². The molecule has 1 aromatic heterocycles. The largest absolute Gasteiger partial charge is 0.462 e. The van der Waals surface area contributed by atoms with Crippen molar-refractivity contribution in [3.05, 3.63) is 40.5 Å². The van der Waals surface area contributed by atoms with Crippen LogP contribution in [0.5, 0.6) is 0 Å². The topological polar surface area (TPSA) is 55.0 Å². The van der Waals surface area contributed by atoms with Crippen molar-refractivity contribution in [1.82, 2.24) is 10.2 Å². The highest BCUT2D eigenvalue weighted by atomic mass is 79.9. The second kappa shape index (κ2) is 5.14. The van der Waals surface area contributed by atoms with Crippen LogP contribution in [-0.2, 0) is 4.74 Å². The van der Waals surface area contributed by atoms with Gasteiger partial charge < -0.3 is 4.74 Å². The number of hydrogen-bond acceptors (Lipinski definition) is 3. The average molecular weight is 295 g/mol. The van der Waals surface area contributed by atoms with E-state index in [0.717, 1.165) is 10.0 Å². The second-order valence-corrected chi connectivity index (χ2v) is 4.30. The van der Waals surface area contributed by atoms with Gasteiger partial charge in [-0.15, -0.1) is 0 Å². The Hall–Kier alpha value is -1.62. The van der Waals surface area contributed by atoms with Gasteiger partial charge in [-0.3, -0.25) is 5.10 Å². The Bertz CT molecular complexity index is 520. The molecule has 1 heterocycles. The number of carbonyl (C=O) groups excluding carboxylic acids is 1. The summed E-state index contributed by atoms with van der Waals surface area (Å²) in [7, 11) is 0. The number of hydrogen-bond donors (Lipinski definition) is 1. The van der Waals surface area contributed by atoms with Gasteiger partial charge in [0, 0.05) is 10.0 Å². The van der Waals surface area contributed by atoms with Gasteiger partial charge in [0.25, 0.3) is 0 Å². The average Bonchev–Trinajstić information content (AvgIpc) is 2.79. The quantitative estimate of drug-likeness (QED) is 0.886. The number of benzene rings is 1. The Morgan fingerprint density at radius 3 is 2.76 bits per heavy atom. The van der Waals surface area contributed by atoms with Gasteiger partial charge in [-0.25, -0.2) is 4.79 Å². The molecule has 88 valence electrons. The Labute approximate surface area is 107 Å². The van der Waals surface area contributed by atoms with Crippen LogP contribution in [0, 0.1) is 0 Å². The number of H-pyrrole nitrogens is 1. The smallest absolute Gasteiger partial charge is 0.341 e. The molecule has 0 radical (unpaired) electrons. The standard InChI is InChI=1S/C12H11BrN2O2/c1-2-17-12(16)10-7-14-15-11(10)8-3-5-9(13)6-4-8/h3-7H,2H2,1H3,(H,14,15). The summed E-state index contributed by atoms with van der Waals surface area (Å²) in [5.41, 5.74) is 2.03. The van der Waals surface area contributed by atoms with Crippen LogP contribution in [0.3, 0.4) is 0 Å². The van der Waals surface area contributed by atoms with Crippen molar-refractivity contribution in [1.29, 1.82) is 0 Å². The molecule has 4 nitrogen and oxygen atoms in total. The van der Waals surface area contributed by atoms with Gasteiger partial charge in [-0.2, -0.15) is 5.10 Å². The zero-order chi connectivity index (χ0) is 12.3. The lowest BCUT2D eigenvalue weighted by atomic mass is 10.1. The summed E-state index contributed by atoms with van der Waals surface area (Å²) in [5.74, 6) is -0.362. The highest BCUT2D eigenvalue weighted by Crippen LogP contribution is 2.23. The van der Waals surface area contributed by atoms with E-state index in [-0.39, 0.29) is 5.97 Å². The first kappa shape index (κ1) is 11.9. The SMILES string of the molecule is CCOC(=O)c1cn[nH]c1-c1ccc(Br)cc1. The van der Waals surface area contributed by atoms with Crippen LogP contribution in [-0.4, -0.2) is 22.8 Å². The predicted molar refractivity (Wildman–Crippen MR) is 67.7 cm³/mol. The number of nitrogens with one attached hydrogen (secondary N) is 1. The Morgan fingerprint density at radius 2 is 2.12 bits per heavy atom. The first-order chi connectivity index (χ1) is 8.22. The molecule has 0 bridgehead atoms. The number of halogens is 1. The molecule has 0 unspecified atom stereocenters. The van der Waals surface area contributed by atoms with Crippen LogP contribution < -0.4 is 0 Å². The third-order valence-electron chi connectivity index (χ3n) is 2.27. The summed E-state index contributed by atoms with van der Waals surface area (Å²) < 4.78 is 5.95. The van der Waals surface area contributed by atoms with Crippen LogP contribution in [0.15, 0.2) is 34.9 Å². The summed E-state index contributed by atoms with van der Waals surface area (Å²) >= 11 is 3.36. The van der Waals surface area contributed by atoms with Crippen molar-refractivity contribution < 1.29 is 9.53 Å². The van der Waals surface area contributed by atoms with Crippen molar-refractivity contribution in [3.63, 3.8) is 0 Å². The highest BCUT2D eigenvalue weighted by Gasteiger charge is 2.15.